The monoisotopic (exact) mass is 232 g/mol. The summed E-state index contributed by atoms with van der Waals surface area (Å²) >= 11 is 0. The summed E-state index contributed by atoms with van der Waals surface area (Å²) in [7, 11) is -3.00. The highest BCUT2D eigenvalue weighted by Gasteiger charge is 2.38. The van der Waals surface area contributed by atoms with E-state index in [4.69, 9.17) is 0 Å². The number of hydrogen-bond acceptors (Lipinski definition) is 3. The van der Waals surface area contributed by atoms with Crippen molar-refractivity contribution in [1.82, 2.24) is 0 Å². The van der Waals surface area contributed by atoms with Crippen LogP contribution in [0, 0.1) is 5.41 Å². The third kappa shape index (κ3) is 3.30. The average Bonchev–Trinajstić information content (AvgIpc) is 2.62. The Kier molecular flexibility index (Phi) is 3.93. The van der Waals surface area contributed by atoms with Crippen molar-refractivity contribution < 1.29 is 13.2 Å². The van der Waals surface area contributed by atoms with Crippen LogP contribution in [0.25, 0.3) is 0 Å². The summed E-state index contributed by atoms with van der Waals surface area (Å²) in [5, 5.41) is 0. The molecule has 0 heterocycles. The molecule has 15 heavy (non-hydrogen) atoms. The van der Waals surface area contributed by atoms with Gasteiger partial charge in [-0.2, -0.15) is 0 Å². The zero-order chi connectivity index (χ0) is 11.5. The zero-order valence-corrected chi connectivity index (χ0v) is 10.4. The molecule has 1 aliphatic carbocycles. The van der Waals surface area contributed by atoms with Crippen LogP contribution in [-0.2, 0) is 14.6 Å². The van der Waals surface area contributed by atoms with Crippen molar-refractivity contribution in [3.63, 3.8) is 0 Å². The van der Waals surface area contributed by atoms with E-state index in [1.165, 1.54) is 6.26 Å². The molecule has 0 amide bonds. The number of rotatable bonds is 5. The number of ketones is 1. The Morgan fingerprint density at radius 1 is 1.27 bits per heavy atom. The van der Waals surface area contributed by atoms with Crippen molar-refractivity contribution in [2.24, 2.45) is 5.41 Å². The van der Waals surface area contributed by atoms with Crippen molar-refractivity contribution in [2.75, 3.05) is 12.0 Å². The van der Waals surface area contributed by atoms with Gasteiger partial charge in [0.1, 0.15) is 15.6 Å². The van der Waals surface area contributed by atoms with Crippen LogP contribution in [0.2, 0.25) is 0 Å². The zero-order valence-electron chi connectivity index (χ0n) is 9.58. The molecule has 4 heteroatoms. The van der Waals surface area contributed by atoms with Crippen LogP contribution in [0.1, 0.15) is 45.4 Å². The van der Waals surface area contributed by atoms with Crippen LogP contribution in [0.15, 0.2) is 0 Å². The Morgan fingerprint density at radius 3 is 2.20 bits per heavy atom. The molecule has 88 valence electrons. The minimum Gasteiger partial charge on any atom is -0.299 e. The molecule has 0 bridgehead atoms. The molecule has 1 fully saturated rings. The van der Waals surface area contributed by atoms with Crippen molar-refractivity contribution in [2.45, 2.75) is 45.4 Å². The highest BCUT2D eigenvalue weighted by atomic mass is 32.2. The second-order valence-electron chi connectivity index (χ2n) is 4.64. The van der Waals surface area contributed by atoms with Crippen LogP contribution in [0.3, 0.4) is 0 Å². The first-order valence-electron chi connectivity index (χ1n) is 5.61. The van der Waals surface area contributed by atoms with Crippen molar-refractivity contribution >= 4 is 15.6 Å². The molecule has 0 unspecified atom stereocenters. The maximum Gasteiger partial charge on any atom is 0.147 e. The largest absolute Gasteiger partial charge is 0.299 e. The molecule has 1 rings (SSSR count). The Balaban J connectivity index is 2.59. The molecule has 0 radical (unpaired) electrons. The third-order valence-electron chi connectivity index (χ3n) is 3.53. The van der Waals surface area contributed by atoms with Gasteiger partial charge in [-0.1, -0.05) is 19.8 Å². The number of carbonyl (C=O) groups is 1. The van der Waals surface area contributed by atoms with E-state index in [1.807, 2.05) is 6.92 Å². The van der Waals surface area contributed by atoms with Crippen LogP contribution in [-0.4, -0.2) is 26.2 Å². The molecule has 3 nitrogen and oxygen atoms in total. The average molecular weight is 232 g/mol. The van der Waals surface area contributed by atoms with Gasteiger partial charge in [0.2, 0.25) is 0 Å². The summed E-state index contributed by atoms with van der Waals surface area (Å²) in [5.41, 5.74) is -0.190. The predicted octanol–water partition coefficient (Wildman–Crippen LogP) is 1.96. The lowest BCUT2D eigenvalue weighted by molar-refractivity contribution is -0.128. The summed E-state index contributed by atoms with van der Waals surface area (Å²) in [6.07, 6.45) is 6.37. The second-order valence-corrected chi connectivity index (χ2v) is 6.90. The molecule has 0 aromatic heterocycles. The number of Topliss-reactive ketones (excluding diaryl/α,β-unsaturated/α-hetero) is 1. The molecule has 0 spiro atoms. The lowest BCUT2D eigenvalue weighted by atomic mass is 9.78. The molecule has 0 aromatic rings. The Bertz CT molecular complexity index is 324. The van der Waals surface area contributed by atoms with Gasteiger partial charge in [-0.05, 0) is 19.3 Å². The molecule has 0 saturated heterocycles. The summed E-state index contributed by atoms with van der Waals surface area (Å²) in [4.78, 5) is 12.0. The molecular weight excluding hydrogens is 212 g/mol. The maximum atomic E-state index is 12.0. The van der Waals surface area contributed by atoms with Crippen LogP contribution < -0.4 is 0 Å². The van der Waals surface area contributed by atoms with E-state index in [9.17, 15) is 13.2 Å². The van der Waals surface area contributed by atoms with Gasteiger partial charge in [0.05, 0.1) is 5.75 Å². The van der Waals surface area contributed by atoms with E-state index in [1.54, 1.807) is 0 Å². The first kappa shape index (κ1) is 12.7. The van der Waals surface area contributed by atoms with E-state index in [0.717, 1.165) is 32.1 Å². The molecule has 0 aromatic carbocycles. The van der Waals surface area contributed by atoms with Gasteiger partial charge >= 0.3 is 0 Å². The minimum absolute atomic E-state index is 0.00752. The summed E-state index contributed by atoms with van der Waals surface area (Å²) in [6, 6.07) is 0. The first-order chi connectivity index (χ1) is 6.90. The lowest BCUT2D eigenvalue weighted by Crippen LogP contribution is -2.28. The lowest BCUT2D eigenvalue weighted by Gasteiger charge is -2.25. The quantitative estimate of drug-likeness (QED) is 0.728. The number of carbonyl (C=O) groups excluding carboxylic acids is 1. The van der Waals surface area contributed by atoms with Gasteiger partial charge in [0.25, 0.3) is 0 Å². The van der Waals surface area contributed by atoms with Gasteiger partial charge in [-0.15, -0.1) is 0 Å². The van der Waals surface area contributed by atoms with Gasteiger partial charge in [-0.3, -0.25) is 4.79 Å². The van der Waals surface area contributed by atoms with Crippen LogP contribution >= 0.6 is 0 Å². The molecule has 1 saturated carbocycles. The number of hydrogen-bond donors (Lipinski definition) is 0. The van der Waals surface area contributed by atoms with E-state index >= 15 is 0 Å². The fraction of sp³-hybridized carbons (Fsp3) is 0.909. The van der Waals surface area contributed by atoms with E-state index < -0.39 is 9.84 Å². The fourth-order valence-electron chi connectivity index (χ4n) is 2.42. The standard InChI is InChI=1S/C11H20O3S/c1-3-11(7-4-5-8-11)10(12)6-9-15(2,13)14/h3-9H2,1-2H3. The third-order valence-corrected chi connectivity index (χ3v) is 4.47. The van der Waals surface area contributed by atoms with Crippen LogP contribution in [0.5, 0.6) is 0 Å². The first-order valence-corrected chi connectivity index (χ1v) is 7.67. The summed E-state index contributed by atoms with van der Waals surface area (Å²) in [6.45, 7) is 2.03. The topological polar surface area (TPSA) is 51.2 Å². The van der Waals surface area contributed by atoms with Crippen molar-refractivity contribution in [3.05, 3.63) is 0 Å². The Labute approximate surface area is 92.2 Å². The fourth-order valence-corrected chi connectivity index (χ4v) is 2.98. The van der Waals surface area contributed by atoms with Gasteiger partial charge in [-0.25, -0.2) is 8.42 Å². The van der Waals surface area contributed by atoms with Crippen LogP contribution in [0.4, 0.5) is 0 Å². The molecule has 1 aliphatic rings. The van der Waals surface area contributed by atoms with Gasteiger partial charge in [0.15, 0.2) is 0 Å². The predicted molar refractivity (Wildman–Crippen MR) is 60.5 cm³/mol. The highest BCUT2D eigenvalue weighted by Crippen LogP contribution is 2.42. The van der Waals surface area contributed by atoms with E-state index in [-0.39, 0.29) is 23.4 Å². The number of sulfone groups is 1. The SMILES string of the molecule is CCC1(C(=O)CCS(C)(=O)=O)CCCC1. The minimum atomic E-state index is -3.00. The van der Waals surface area contributed by atoms with Gasteiger partial charge < -0.3 is 0 Å². The molecular formula is C11H20O3S. The molecule has 0 aliphatic heterocycles. The Morgan fingerprint density at radius 2 is 1.80 bits per heavy atom. The highest BCUT2D eigenvalue weighted by molar-refractivity contribution is 7.90. The van der Waals surface area contributed by atoms with Gasteiger partial charge in [0, 0.05) is 18.1 Å². The van der Waals surface area contributed by atoms with E-state index in [0.29, 0.717) is 0 Å². The second kappa shape index (κ2) is 4.64. The molecule has 0 atom stereocenters. The summed E-state index contributed by atoms with van der Waals surface area (Å²) in [5.74, 6) is 0.168. The summed E-state index contributed by atoms with van der Waals surface area (Å²) < 4.78 is 22.0. The smallest absolute Gasteiger partial charge is 0.147 e. The maximum absolute atomic E-state index is 12.0. The normalized spacial score (nSPS) is 20.4. The van der Waals surface area contributed by atoms with E-state index in [2.05, 4.69) is 0 Å². The Hall–Kier alpha value is -0.380. The van der Waals surface area contributed by atoms with Crippen molar-refractivity contribution in [3.8, 4) is 0 Å². The molecule has 0 N–H and O–H groups in total. The van der Waals surface area contributed by atoms with Crippen molar-refractivity contribution in [1.29, 1.82) is 0 Å².